The zero-order valence-electron chi connectivity index (χ0n) is 11.0. The molecule has 0 saturated heterocycles. The van der Waals surface area contributed by atoms with Gasteiger partial charge in [-0.05, 0) is 12.8 Å². The van der Waals surface area contributed by atoms with Crippen molar-refractivity contribution in [1.82, 2.24) is 19.1 Å². The normalized spacial score (nSPS) is 17.0. The second kappa shape index (κ2) is 5.89. The maximum Gasteiger partial charge on any atom is 0.451 e. The van der Waals surface area contributed by atoms with Crippen LogP contribution in [-0.4, -0.2) is 51.5 Å². The highest BCUT2D eigenvalue weighted by Gasteiger charge is 2.40. The first-order valence-electron chi connectivity index (χ1n) is 6.33. The molecule has 0 atom stereocenters. The van der Waals surface area contributed by atoms with Gasteiger partial charge in [-0.1, -0.05) is 0 Å². The standard InChI is InChI=1S/C10H15F3N4O3S/c11-10(12,13)9-15-14-8-7-16(3-4-17(8)9)21(19,20)6-2-1-5-18/h18H,1-7H2. The molecule has 0 amide bonds. The number of aliphatic hydroxyl groups excluding tert-OH is 1. The largest absolute Gasteiger partial charge is 0.451 e. The molecule has 0 bridgehead atoms. The van der Waals surface area contributed by atoms with Crippen LogP contribution in [-0.2, 0) is 29.3 Å². The molecular formula is C10H15F3N4O3S. The van der Waals surface area contributed by atoms with E-state index in [9.17, 15) is 21.6 Å². The van der Waals surface area contributed by atoms with E-state index in [4.69, 9.17) is 5.11 Å². The fourth-order valence-corrected chi connectivity index (χ4v) is 3.61. The highest BCUT2D eigenvalue weighted by molar-refractivity contribution is 7.89. The number of unbranched alkanes of at least 4 members (excludes halogenated alkanes) is 1. The van der Waals surface area contributed by atoms with Crippen molar-refractivity contribution in [3.63, 3.8) is 0 Å². The van der Waals surface area contributed by atoms with E-state index in [-0.39, 0.29) is 37.8 Å². The molecule has 1 aromatic rings. The summed E-state index contributed by atoms with van der Waals surface area (Å²) in [5.74, 6) is -1.26. The van der Waals surface area contributed by atoms with Gasteiger partial charge in [-0.2, -0.15) is 17.5 Å². The Bertz CT molecular complexity index is 599. The van der Waals surface area contributed by atoms with Gasteiger partial charge in [-0.3, -0.25) is 0 Å². The Kier molecular flexibility index (Phi) is 4.54. The van der Waals surface area contributed by atoms with Crippen LogP contribution in [0.2, 0.25) is 0 Å². The molecule has 11 heteroatoms. The molecule has 7 nitrogen and oxygen atoms in total. The number of aliphatic hydroxyl groups is 1. The van der Waals surface area contributed by atoms with E-state index in [1.54, 1.807) is 0 Å². The van der Waals surface area contributed by atoms with Gasteiger partial charge in [-0.25, -0.2) is 8.42 Å². The Morgan fingerprint density at radius 1 is 1.19 bits per heavy atom. The van der Waals surface area contributed by atoms with Crippen LogP contribution in [0.15, 0.2) is 0 Å². The minimum Gasteiger partial charge on any atom is -0.396 e. The van der Waals surface area contributed by atoms with Gasteiger partial charge in [0.1, 0.15) is 5.82 Å². The number of hydrogen-bond donors (Lipinski definition) is 1. The van der Waals surface area contributed by atoms with Gasteiger partial charge in [0.2, 0.25) is 15.8 Å². The minimum atomic E-state index is -4.60. The van der Waals surface area contributed by atoms with Crippen molar-refractivity contribution in [2.24, 2.45) is 0 Å². The summed E-state index contributed by atoms with van der Waals surface area (Å²) in [5.41, 5.74) is 0. The van der Waals surface area contributed by atoms with Crippen LogP contribution in [0.5, 0.6) is 0 Å². The zero-order chi connectivity index (χ0) is 15.7. The molecule has 0 unspecified atom stereocenters. The van der Waals surface area contributed by atoms with E-state index < -0.39 is 22.0 Å². The third-order valence-corrected chi connectivity index (χ3v) is 5.08. The van der Waals surface area contributed by atoms with Gasteiger partial charge in [0.25, 0.3) is 0 Å². The van der Waals surface area contributed by atoms with Gasteiger partial charge in [0.05, 0.1) is 12.3 Å². The first kappa shape index (κ1) is 16.2. The predicted octanol–water partition coefficient (Wildman–Crippen LogP) is 0.215. The van der Waals surface area contributed by atoms with Crippen molar-refractivity contribution in [3.8, 4) is 0 Å². The summed E-state index contributed by atoms with van der Waals surface area (Å²) in [6.07, 6.45) is -3.94. The lowest BCUT2D eigenvalue weighted by molar-refractivity contribution is -0.147. The van der Waals surface area contributed by atoms with E-state index in [2.05, 4.69) is 10.2 Å². The summed E-state index contributed by atoms with van der Waals surface area (Å²) < 4.78 is 64.1. The molecule has 120 valence electrons. The first-order valence-corrected chi connectivity index (χ1v) is 7.94. The van der Waals surface area contributed by atoms with Crippen molar-refractivity contribution < 1.29 is 26.7 Å². The van der Waals surface area contributed by atoms with Crippen molar-refractivity contribution in [2.75, 3.05) is 18.9 Å². The Morgan fingerprint density at radius 3 is 2.52 bits per heavy atom. The molecular weight excluding hydrogens is 313 g/mol. The fraction of sp³-hybridized carbons (Fsp3) is 0.800. The summed E-state index contributed by atoms with van der Waals surface area (Å²) in [6.45, 7) is -0.491. The molecule has 0 spiro atoms. The second-order valence-electron chi connectivity index (χ2n) is 4.67. The summed E-state index contributed by atoms with van der Waals surface area (Å²) >= 11 is 0. The summed E-state index contributed by atoms with van der Waals surface area (Å²) in [6, 6.07) is 0. The lowest BCUT2D eigenvalue weighted by Gasteiger charge is -2.27. The third-order valence-electron chi connectivity index (χ3n) is 3.18. The van der Waals surface area contributed by atoms with E-state index in [1.165, 1.54) is 0 Å². The number of alkyl halides is 3. The van der Waals surface area contributed by atoms with Gasteiger partial charge >= 0.3 is 6.18 Å². The lowest BCUT2D eigenvalue weighted by atomic mass is 10.4. The topological polar surface area (TPSA) is 88.3 Å². The molecule has 1 aliphatic heterocycles. The minimum absolute atomic E-state index is 0.0145. The maximum atomic E-state index is 12.7. The number of hydrogen-bond acceptors (Lipinski definition) is 5. The van der Waals surface area contributed by atoms with Crippen LogP contribution in [0, 0.1) is 0 Å². The number of fused-ring (bicyclic) bond motifs is 1. The Morgan fingerprint density at radius 2 is 1.90 bits per heavy atom. The van der Waals surface area contributed by atoms with Crippen LogP contribution in [0.4, 0.5) is 13.2 Å². The van der Waals surface area contributed by atoms with Crippen LogP contribution in [0.1, 0.15) is 24.5 Å². The monoisotopic (exact) mass is 328 g/mol. The summed E-state index contributed by atoms with van der Waals surface area (Å²) in [4.78, 5) is 0. The summed E-state index contributed by atoms with van der Waals surface area (Å²) in [5, 5.41) is 15.2. The van der Waals surface area contributed by atoms with Gasteiger partial charge in [0, 0.05) is 19.7 Å². The highest BCUT2D eigenvalue weighted by Crippen LogP contribution is 2.29. The number of rotatable bonds is 5. The average Bonchev–Trinajstić information content (AvgIpc) is 2.81. The number of halogens is 3. The first-order chi connectivity index (χ1) is 9.75. The molecule has 0 aliphatic carbocycles. The summed E-state index contributed by atoms with van der Waals surface area (Å²) in [7, 11) is -3.56. The lowest BCUT2D eigenvalue weighted by Crippen LogP contribution is -2.40. The predicted molar refractivity (Wildman–Crippen MR) is 65.5 cm³/mol. The van der Waals surface area contributed by atoms with Crippen molar-refractivity contribution in [1.29, 1.82) is 0 Å². The Balaban J connectivity index is 2.12. The molecule has 1 N–H and O–H groups in total. The third kappa shape index (κ3) is 3.52. The van der Waals surface area contributed by atoms with Crippen LogP contribution in [0.3, 0.4) is 0 Å². The molecule has 0 radical (unpaired) electrons. The molecule has 0 saturated carbocycles. The smallest absolute Gasteiger partial charge is 0.396 e. The quantitative estimate of drug-likeness (QED) is 0.781. The van der Waals surface area contributed by atoms with E-state index in [0.29, 0.717) is 12.8 Å². The maximum absolute atomic E-state index is 12.7. The SMILES string of the molecule is O=S(=O)(CCCCO)N1CCn2c(nnc2C(F)(F)F)C1. The van der Waals surface area contributed by atoms with Crippen LogP contribution < -0.4 is 0 Å². The van der Waals surface area contributed by atoms with Gasteiger partial charge in [0.15, 0.2) is 0 Å². The molecule has 0 aromatic carbocycles. The van der Waals surface area contributed by atoms with Crippen molar-refractivity contribution in [2.45, 2.75) is 32.1 Å². The van der Waals surface area contributed by atoms with Crippen molar-refractivity contribution >= 4 is 10.0 Å². The van der Waals surface area contributed by atoms with Gasteiger partial charge in [-0.15, -0.1) is 10.2 Å². The molecule has 2 heterocycles. The second-order valence-corrected chi connectivity index (χ2v) is 6.76. The molecule has 21 heavy (non-hydrogen) atoms. The van der Waals surface area contributed by atoms with Crippen LogP contribution >= 0.6 is 0 Å². The zero-order valence-corrected chi connectivity index (χ0v) is 11.9. The fourth-order valence-electron chi connectivity index (χ4n) is 2.11. The van der Waals surface area contributed by atoms with E-state index in [1.807, 2.05) is 0 Å². The number of nitrogens with zero attached hydrogens (tertiary/aromatic N) is 4. The molecule has 2 rings (SSSR count). The average molecular weight is 328 g/mol. The van der Waals surface area contributed by atoms with E-state index in [0.717, 1.165) is 8.87 Å². The van der Waals surface area contributed by atoms with E-state index >= 15 is 0 Å². The molecule has 1 aliphatic rings. The number of aromatic nitrogens is 3. The molecule has 0 fully saturated rings. The van der Waals surface area contributed by atoms with Crippen molar-refractivity contribution in [3.05, 3.63) is 11.6 Å². The number of sulfonamides is 1. The Labute approximate surface area is 119 Å². The Hall–Kier alpha value is -1.20. The van der Waals surface area contributed by atoms with Crippen LogP contribution in [0.25, 0.3) is 0 Å². The van der Waals surface area contributed by atoms with Gasteiger partial charge < -0.3 is 9.67 Å². The molecule has 1 aromatic heterocycles. The highest BCUT2D eigenvalue weighted by atomic mass is 32.2.